The average Bonchev–Trinajstić information content (AvgIpc) is 3.08. The Balaban J connectivity index is 1.86. The number of anilines is 2. The number of likely N-dealkylation sites (tertiary alicyclic amines) is 1. The van der Waals surface area contributed by atoms with Gasteiger partial charge in [-0.1, -0.05) is 26.0 Å². The maximum Gasteiger partial charge on any atom is 0.321 e. The molecule has 1 aliphatic rings. The molecule has 0 atom stereocenters. The van der Waals surface area contributed by atoms with E-state index in [1.54, 1.807) is 17.0 Å². The zero-order valence-electron chi connectivity index (χ0n) is 14.5. The van der Waals surface area contributed by atoms with Crippen LogP contribution < -0.4 is 10.6 Å². The van der Waals surface area contributed by atoms with Crippen LogP contribution in [0.2, 0.25) is 0 Å². The van der Waals surface area contributed by atoms with Crippen LogP contribution in [0.4, 0.5) is 16.2 Å². The van der Waals surface area contributed by atoms with E-state index in [4.69, 9.17) is 4.74 Å². The Labute approximate surface area is 143 Å². The Morgan fingerprint density at radius 1 is 1.12 bits per heavy atom. The summed E-state index contributed by atoms with van der Waals surface area (Å²) in [6.07, 6.45) is 2.38. The first-order valence-corrected chi connectivity index (χ1v) is 8.59. The number of para-hydroxylation sites is 2. The van der Waals surface area contributed by atoms with Gasteiger partial charge >= 0.3 is 6.03 Å². The van der Waals surface area contributed by atoms with Gasteiger partial charge in [0.25, 0.3) is 0 Å². The van der Waals surface area contributed by atoms with E-state index in [1.165, 1.54) is 0 Å². The number of urea groups is 1. The summed E-state index contributed by atoms with van der Waals surface area (Å²) in [5.41, 5.74) is 1.23. The minimum absolute atomic E-state index is 0.116. The zero-order valence-corrected chi connectivity index (χ0v) is 14.5. The van der Waals surface area contributed by atoms with Gasteiger partial charge in [0.15, 0.2) is 0 Å². The molecule has 24 heavy (non-hydrogen) atoms. The van der Waals surface area contributed by atoms with Crippen molar-refractivity contribution in [2.75, 3.05) is 36.9 Å². The number of hydrogen-bond donors (Lipinski definition) is 2. The largest absolute Gasteiger partial charge is 0.381 e. The average molecular weight is 333 g/mol. The van der Waals surface area contributed by atoms with Crippen LogP contribution in [0.1, 0.15) is 33.1 Å². The van der Waals surface area contributed by atoms with Gasteiger partial charge in [0, 0.05) is 19.7 Å². The molecule has 0 unspecified atom stereocenters. The van der Waals surface area contributed by atoms with Gasteiger partial charge in [0.1, 0.15) is 0 Å². The summed E-state index contributed by atoms with van der Waals surface area (Å²) in [7, 11) is 0. The topological polar surface area (TPSA) is 70.7 Å². The van der Waals surface area contributed by atoms with Crippen LogP contribution in [0, 0.1) is 5.92 Å². The second-order valence-corrected chi connectivity index (χ2v) is 6.44. The number of nitrogens with zero attached hydrogens (tertiary/aromatic N) is 1. The van der Waals surface area contributed by atoms with Crippen LogP contribution in [0.15, 0.2) is 24.3 Å². The summed E-state index contributed by atoms with van der Waals surface area (Å²) < 4.78 is 5.43. The molecule has 0 spiro atoms. The Kier molecular flexibility index (Phi) is 7.06. The van der Waals surface area contributed by atoms with Crippen molar-refractivity contribution in [1.82, 2.24) is 4.90 Å². The molecular formula is C18H27N3O3. The number of amides is 3. The number of hydrogen-bond acceptors (Lipinski definition) is 3. The van der Waals surface area contributed by atoms with Crippen molar-refractivity contribution in [1.29, 1.82) is 0 Å². The molecule has 6 nitrogen and oxygen atoms in total. The van der Waals surface area contributed by atoms with Crippen LogP contribution in [0.5, 0.6) is 0 Å². The van der Waals surface area contributed by atoms with Crippen LogP contribution in [0.3, 0.4) is 0 Å². The van der Waals surface area contributed by atoms with Crippen LogP contribution in [-0.4, -0.2) is 43.1 Å². The van der Waals surface area contributed by atoms with Gasteiger partial charge in [0.05, 0.1) is 24.4 Å². The van der Waals surface area contributed by atoms with E-state index in [0.717, 1.165) is 25.9 Å². The lowest BCUT2D eigenvalue weighted by molar-refractivity contribution is -0.117. The molecule has 2 rings (SSSR count). The molecule has 2 N–H and O–H groups in total. The highest BCUT2D eigenvalue weighted by molar-refractivity contribution is 5.99. The molecule has 132 valence electrons. The first kappa shape index (κ1) is 18.3. The number of benzene rings is 1. The number of rotatable bonds is 7. The van der Waals surface area contributed by atoms with E-state index >= 15 is 0 Å². The van der Waals surface area contributed by atoms with Crippen molar-refractivity contribution in [2.24, 2.45) is 5.92 Å². The lowest BCUT2D eigenvalue weighted by Gasteiger charge is -2.18. The van der Waals surface area contributed by atoms with Crippen molar-refractivity contribution >= 4 is 23.3 Å². The second kappa shape index (κ2) is 9.27. The molecule has 0 radical (unpaired) electrons. The SMILES string of the molecule is CC(C)COCCC(=O)Nc1ccccc1NC(=O)N1CCCC1. The van der Waals surface area contributed by atoms with Gasteiger partial charge in [-0.15, -0.1) is 0 Å². The Morgan fingerprint density at radius 2 is 1.75 bits per heavy atom. The molecule has 3 amide bonds. The Bertz CT molecular complexity index is 554. The fraction of sp³-hybridized carbons (Fsp3) is 0.556. The molecule has 0 saturated carbocycles. The third-order valence-electron chi connectivity index (χ3n) is 3.76. The minimum Gasteiger partial charge on any atom is -0.381 e. The first-order valence-electron chi connectivity index (χ1n) is 8.59. The molecule has 1 heterocycles. The number of carbonyl (C=O) groups excluding carboxylic acids is 2. The fourth-order valence-corrected chi connectivity index (χ4v) is 2.51. The van der Waals surface area contributed by atoms with E-state index in [9.17, 15) is 9.59 Å². The molecule has 1 fully saturated rings. The van der Waals surface area contributed by atoms with Gasteiger partial charge < -0.3 is 20.3 Å². The van der Waals surface area contributed by atoms with Gasteiger partial charge in [-0.3, -0.25) is 4.79 Å². The van der Waals surface area contributed by atoms with Crippen LogP contribution in [0.25, 0.3) is 0 Å². The molecule has 0 aliphatic carbocycles. The number of nitrogens with one attached hydrogen (secondary N) is 2. The predicted molar refractivity (Wildman–Crippen MR) is 95.2 cm³/mol. The summed E-state index contributed by atoms with van der Waals surface area (Å²) in [6, 6.07) is 7.12. The Morgan fingerprint density at radius 3 is 2.38 bits per heavy atom. The molecule has 0 bridgehead atoms. The molecule has 1 aromatic carbocycles. The summed E-state index contributed by atoms with van der Waals surface area (Å²) in [6.45, 7) is 6.75. The fourth-order valence-electron chi connectivity index (χ4n) is 2.51. The zero-order chi connectivity index (χ0) is 17.4. The van der Waals surface area contributed by atoms with Crippen LogP contribution >= 0.6 is 0 Å². The lowest BCUT2D eigenvalue weighted by atomic mass is 10.2. The van der Waals surface area contributed by atoms with Crippen molar-refractivity contribution in [3.8, 4) is 0 Å². The highest BCUT2D eigenvalue weighted by Crippen LogP contribution is 2.22. The number of carbonyl (C=O) groups is 2. The summed E-state index contributed by atoms with van der Waals surface area (Å²) in [5, 5.41) is 5.72. The van der Waals surface area contributed by atoms with E-state index in [1.807, 2.05) is 12.1 Å². The van der Waals surface area contributed by atoms with Gasteiger partial charge in [-0.05, 0) is 30.9 Å². The standard InChI is InChI=1S/C18H27N3O3/c1-14(2)13-24-12-9-17(22)19-15-7-3-4-8-16(15)20-18(23)21-10-5-6-11-21/h3-4,7-8,14H,5-6,9-13H2,1-2H3,(H,19,22)(H,20,23). The van der Waals surface area contributed by atoms with Crippen molar-refractivity contribution in [3.63, 3.8) is 0 Å². The minimum atomic E-state index is -0.123. The third-order valence-corrected chi connectivity index (χ3v) is 3.76. The normalized spacial score (nSPS) is 14.0. The molecule has 1 aromatic rings. The monoisotopic (exact) mass is 333 g/mol. The summed E-state index contributed by atoms with van der Waals surface area (Å²) in [4.78, 5) is 26.0. The van der Waals surface area contributed by atoms with Crippen molar-refractivity contribution < 1.29 is 14.3 Å². The molecule has 6 heteroatoms. The quantitative estimate of drug-likeness (QED) is 0.752. The lowest BCUT2D eigenvalue weighted by Crippen LogP contribution is -2.32. The molecular weight excluding hydrogens is 306 g/mol. The van der Waals surface area contributed by atoms with Crippen molar-refractivity contribution in [3.05, 3.63) is 24.3 Å². The van der Waals surface area contributed by atoms with Crippen molar-refractivity contribution in [2.45, 2.75) is 33.1 Å². The number of ether oxygens (including phenoxy) is 1. The molecule has 1 saturated heterocycles. The highest BCUT2D eigenvalue weighted by atomic mass is 16.5. The van der Waals surface area contributed by atoms with Crippen LogP contribution in [-0.2, 0) is 9.53 Å². The van der Waals surface area contributed by atoms with Gasteiger partial charge in [-0.25, -0.2) is 4.79 Å². The third kappa shape index (κ3) is 5.85. The van der Waals surface area contributed by atoms with Gasteiger partial charge in [-0.2, -0.15) is 0 Å². The van der Waals surface area contributed by atoms with Gasteiger partial charge in [0.2, 0.25) is 5.91 Å². The highest BCUT2D eigenvalue weighted by Gasteiger charge is 2.18. The first-order chi connectivity index (χ1) is 11.6. The second-order valence-electron chi connectivity index (χ2n) is 6.44. The van der Waals surface area contributed by atoms with E-state index in [0.29, 0.717) is 36.9 Å². The van der Waals surface area contributed by atoms with E-state index < -0.39 is 0 Å². The molecule has 0 aromatic heterocycles. The smallest absolute Gasteiger partial charge is 0.321 e. The Hall–Kier alpha value is -2.08. The maximum atomic E-state index is 12.2. The summed E-state index contributed by atoms with van der Waals surface area (Å²) >= 11 is 0. The maximum absolute atomic E-state index is 12.2. The summed E-state index contributed by atoms with van der Waals surface area (Å²) in [5.74, 6) is 0.330. The predicted octanol–water partition coefficient (Wildman–Crippen LogP) is 3.32. The van der Waals surface area contributed by atoms with E-state index in [2.05, 4.69) is 24.5 Å². The molecule has 1 aliphatic heterocycles. The van der Waals surface area contributed by atoms with E-state index in [-0.39, 0.29) is 11.9 Å².